The van der Waals surface area contributed by atoms with Gasteiger partial charge in [0, 0.05) is 44.9 Å². The zero-order valence-electron chi connectivity index (χ0n) is 21.2. The fraction of sp³-hybridized carbons (Fsp3) is 0.429. The Bertz CT molecular complexity index is 1170. The zero-order valence-corrected chi connectivity index (χ0v) is 21.2. The van der Waals surface area contributed by atoms with E-state index in [0.29, 0.717) is 32.8 Å². The van der Waals surface area contributed by atoms with Gasteiger partial charge in [0.2, 0.25) is 5.91 Å². The third-order valence-corrected chi connectivity index (χ3v) is 6.96. The van der Waals surface area contributed by atoms with Gasteiger partial charge in [-0.25, -0.2) is 0 Å². The molecule has 9 nitrogen and oxygen atoms in total. The lowest BCUT2D eigenvalue weighted by Gasteiger charge is -2.28. The molecule has 0 N–H and O–H groups in total. The molecule has 194 valence electrons. The minimum atomic E-state index is -0.283. The first-order chi connectivity index (χ1) is 18.1. The Balaban J connectivity index is 1.20. The highest BCUT2D eigenvalue weighted by atomic mass is 16.5. The summed E-state index contributed by atoms with van der Waals surface area (Å²) in [7, 11) is 0. The van der Waals surface area contributed by atoms with Crippen LogP contribution in [-0.4, -0.2) is 83.8 Å². The van der Waals surface area contributed by atoms with E-state index in [0.717, 1.165) is 42.9 Å². The highest BCUT2D eigenvalue weighted by Crippen LogP contribution is 2.20. The minimum absolute atomic E-state index is 0.00441. The number of aryl methyl sites for hydroxylation is 1. The molecule has 2 saturated heterocycles. The summed E-state index contributed by atoms with van der Waals surface area (Å²) in [6, 6.07) is 15.5. The standard InChI is InChI=1S/C28H33N5O4/c1-21-7-9-22(10-8-21)24-11-12-26(30-29-24)31-13-4-14-32(16-15-31)27(34)20-33(19-23-5-2-17-36-23)28(35)25-6-3-18-37-25/h3,6-12,18,23H,2,4-5,13-17,19-20H2,1H3/t23-/m0/s1. The summed E-state index contributed by atoms with van der Waals surface area (Å²) in [5, 5.41) is 8.90. The normalized spacial score (nSPS) is 18.0. The quantitative estimate of drug-likeness (QED) is 0.488. The fourth-order valence-corrected chi connectivity index (χ4v) is 4.84. The van der Waals surface area contributed by atoms with E-state index in [1.165, 1.54) is 11.8 Å². The molecule has 5 rings (SSSR count). The summed E-state index contributed by atoms with van der Waals surface area (Å²) in [6.45, 7) is 5.77. The van der Waals surface area contributed by atoms with Crippen LogP contribution in [-0.2, 0) is 9.53 Å². The number of anilines is 1. The van der Waals surface area contributed by atoms with Crippen molar-refractivity contribution in [2.45, 2.75) is 32.3 Å². The second-order valence-electron chi connectivity index (χ2n) is 9.66. The number of ether oxygens (including phenoxy) is 1. The largest absolute Gasteiger partial charge is 0.459 e. The van der Waals surface area contributed by atoms with Crippen LogP contribution in [0.4, 0.5) is 5.82 Å². The van der Waals surface area contributed by atoms with Crippen molar-refractivity contribution in [2.75, 3.05) is 50.8 Å². The molecule has 0 unspecified atom stereocenters. The summed E-state index contributed by atoms with van der Waals surface area (Å²) >= 11 is 0. The first-order valence-electron chi connectivity index (χ1n) is 12.9. The molecular weight excluding hydrogens is 470 g/mol. The van der Waals surface area contributed by atoms with Crippen LogP contribution in [0, 0.1) is 6.92 Å². The molecule has 2 aromatic heterocycles. The van der Waals surface area contributed by atoms with Crippen molar-refractivity contribution in [1.82, 2.24) is 20.0 Å². The lowest BCUT2D eigenvalue weighted by Crippen LogP contribution is -2.46. The molecule has 37 heavy (non-hydrogen) atoms. The van der Waals surface area contributed by atoms with E-state index in [-0.39, 0.29) is 30.2 Å². The Labute approximate surface area is 217 Å². The highest BCUT2D eigenvalue weighted by molar-refractivity contribution is 5.94. The van der Waals surface area contributed by atoms with Crippen molar-refractivity contribution >= 4 is 17.6 Å². The van der Waals surface area contributed by atoms with Gasteiger partial charge >= 0.3 is 0 Å². The lowest BCUT2D eigenvalue weighted by atomic mass is 10.1. The van der Waals surface area contributed by atoms with E-state index < -0.39 is 0 Å². The number of hydrogen-bond acceptors (Lipinski definition) is 7. The molecule has 0 spiro atoms. The van der Waals surface area contributed by atoms with Crippen LogP contribution in [0.25, 0.3) is 11.3 Å². The number of amides is 2. The lowest BCUT2D eigenvalue weighted by molar-refractivity contribution is -0.132. The van der Waals surface area contributed by atoms with Crippen LogP contribution in [0.1, 0.15) is 35.4 Å². The van der Waals surface area contributed by atoms with Crippen LogP contribution in [0.15, 0.2) is 59.2 Å². The number of hydrogen-bond donors (Lipinski definition) is 0. The first kappa shape index (κ1) is 25.0. The van der Waals surface area contributed by atoms with E-state index in [2.05, 4.69) is 34.2 Å². The number of benzene rings is 1. The van der Waals surface area contributed by atoms with Gasteiger partial charge in [0.25, 0.3) is 5.91 Å². The molecule has 2 aliphatic heterocycles. The maximum Gasteiger partial charge on any atom is 0.290 e. The van der Waals surface area contributed by atoms with Crippen molar-refractivity contribution in [3.63, 3.8) is 0 Å². The highest BCUT2D eigenvalue weighted by Gasteiger charge is 2.29. The molecule has 4 heterocycles. The average Bonchev–Trinajstić information content (AvgIpc) is 3.59. The molecule has 0 radical (unpaired) electrons. The Morgan fingerprint density at radius 1 is 1.00 bits per heavy atom. The Morgan fingerprint density at radius 2 is 1.86 bits per heavy atom. The molecule has 0 aliphatic carbocycles. The van der Waals surface area contributed by atoms with Crippen LogP contribution in [0.2, 0.25) is 0 Å². The number of carbonyl (C=O) groups is 2. The maximum absolute atomic E-state index is 13.3. The van der Waals surface area contributed by atoms with Crippen LogP contribution >= 0.6 is 0 Å². The molecule has 9 heteroatoms. The summed E-state index contributed by atoms with van der Waals surface area (Å²) < 4.78 is 11.1. The van der Waals surface area contributed by atoms with Gasteiger partial charge in [-0.3, -0.25) is 9.59 Å². The molecule has 2 fully saturated rings. The maximum atomic E-state index is 13.3. The van der Waals surface area contributed by atoms with E-state index in [4.69, 9.17) is 9.15 Å². The number of rotatable bonds is 7. The molecule has 0 bridgehead atoms. The second-order valence-corrected chi connectivity index (χ2v) is 9.66. The zero-order chi connectivity index (χ0) is 25.6. The van der Waals surface area contributed by atoms with Gasteiger partial charge in [-0.05, 0) is 50.5 Å². The minimum Gasteiger partial charge on any atom is -0.459 e. The van der Waals surface area contributed by atoms with Crippen LogP contribution in [0.5, 0.6) is 0 Å². The van der Waals surface area contributed by atoms with Gasteiger partial charge in [-0.2, -0.15) is 0 Å². The van der Waals surface area contributed by atoms with E-state index in [1.54, 1.807) is 17.0 Å². The van der Waals surface area contributed by atoms with Gasteiger partial charge in [0.05, 0.1) is 18.1 Å². The summed E-state index contributed by atoms with van der Waals surface area (Å²) in [4.78, 5) is 31.9. The fourth-order valence-electron chi connectivity index (χ4n) is 4.84. The topological polar surface area (TPSA) is 92.0 Å². The van der Waals surface area contributed by atoms with Gasteiger partial charge in [0.1, 0.15) is 6.54 Å². The molecule has 0 saturated carbocycles. The molecule has 1 atom stereocenters. The molecule has 3 aromatic rings. The Hall–Kier alpha value is -3.72. The number of nitrogens with zero attached hydrogens (tertiary/aromatic N) is 5. The van der Waals surface area contributed by atoms with E-state index in [9.17, 15) is 9.59 Å². The van der Waals surface area contributed by atoms with Gasteiger partial charge in [-0.1, -0.05) is 29.8 Å². The Kier molecular flexibility index (Phi) is 7.79. The number of furan rings is 1. The summed E-state index contributed by atoms with van der Waals surface area (Å²) in [5.74, 6) is 0.688. The predicted molar refractivity (Wildman–Crippen MR) is 139 cm³/mol. The molecule has 2 amide bonds. The molecule has 1 aromatic carbocycles. The average molecular weight is 504 g/mol. The van der Waals surface area contributed by atoms with E-state index >= 15 is 0 Å². The van der Waals surface area contributed by atoms with Crippen LogP contribution < -0.4 is 4.90 Å². The predicted octanol–water partition coefficient (Wildman–Crippen LogP) is 3.41. The smallest absolute Gasteiger partial charge is 0.290 e. The van der Waals surface area contributed by atoms with E-state index in [1.807, 2.05) is 29.2 Å². The third kappa shape index (κ3) is 6.17. The Morgan fingerprint density at radius 3 is 2.57 bits per heavy atom. The van der Waals surface area contributed by atoms with Gasteiger partial charge in [-0.15, -0.1) is 10.2 Å². The monoisotopic (exact) mass is 503 g/mol. The van der Waals surface area contributed by atoms with Crippen molar-refractivity contribution in [3.05, 3.63) is 66.1 Å². The van der Waals surface area contributed by atoms with Crippen molar-refractivity contribution in [3.8, 4) is 11.3 Å². The van der Waals surface area contributed by atoms with Crippen molar-refractivity contribution in [1.29, 1.82) is 0 Å². The SMILES string of the molecule is Cc1ccc(-c2ccc(N3CCCN(C(=O)CN(C[C@@H]4CCCO4)C(=O)c4ccco4)CC3)nn2)cc1. The molecular formula is C28H33N5O4. The summed E-state index contributed by atoms with van der Waals surface area (Å²) in [6.07, 6.45) is 4.09. The molecule has 2 aliphatic rings. The van der Waals surface area contributed by atoms with Crippen molar-refractivity contribution < 1.29 is 18.7 Å². The summed E-state index contributed by atoms with van der Waals surface area (Å²) in [5.41, 5.74) is 3.08. The third-order valence-electron chi connectivity index (χ3n) is 6.96. The van der Waals surface area contributed by atoms with Crippen molar-refractivity contribution in [2.24, 2.45) is 0 Å². The van der Waals surface area contributed by atoms with Gasteiger partial charge in [0.15, 0.2) is 11.6 Å². The van der Waals surface area contributed by atoms with Crippen LogP contribution in [0.3, 0.4) is 0 Å². The number of carbonyl (C=O) groups excluding carboxylic acids is 2. The van der Waals surface area contributed by atoms with Gasteiger partial charge < -0.3 is 23.9 Å². The second kappa shape index (κ2) is 11.6. The first-order valence-corrected chi connectivity index (χ1v) is 12.9. The number of aromatic nitrogens is 2.